The SMILES string of the molecule is CCn1cncc1CN1CCc2c(cccc2C(=O)O)C1. The zero-order chi connectivity index (χ0) is 14.8. The number of rotatable bonds is 4. The molecular formula is C16H19N3O2. The molecule has 0 fully saturated rings. The summed E-state index contributed by atoms with van der Waals surface area (Å²) in [6.45, 7) is 5.56. The Balaban J connectivity index is 1.79. The molecule has 3 rings (SSSR count). The fourth-order valence-corrected chi connectivity index (χ4v) is 3.00. The van der Waals surface area contributed by atoms with Gasteiger partial charge < -0.3 is 9.67 Å². The minimum absolute atomic E-state index is 0.450. The molecule has 0 unspecified atom stereocenters. The lowest BCUT2D eigenvalue weighted by Crippen LogP contribution is -2.31. The van der Waals surface area contributed by atoms with Crippen LogP contribution >= 0.6 is 0 Å². The molecule has 0 radical (unpaired) electrons. The summed E-state index contributed by atoms with van der Waals surface area (Å²) in [6, 6.07) is 5.57. The third kappa shape index (κ3) is 2.69. The van der Waals surface area contributed by atoms with E-state index in [0.717, 1.165) is 43.7 Å². The molecule has 1 aliphatic heterocycles. The van der Waals surface area contributed by atoms with Crippen molar-refractivity contribution in [2.45, 2.75) is 33.0 Å². The Hall–Kier alpha value is -2.14. The number of hydrogen-bond acceptors (Lipinski definition) is 3. The van der Waals surface area contributed by atoms with Crippen LogP contribution in [0.3, 0.4) is 0 Å². The van der Waals surface area contributed by atoms with E-state index < -0.39 is 5.97 Å². The van der Waals surface area contributed by atoms with Gasteiger partial charge in [0.25, 0.3) is 0 Å². The van der Waals surface area contributed by atoms with Gasteiger partial charge in [0, 0.05) is 32.4 Å². The molecule has 0 atom stereocenters. The number of aromatic carboxylic acids is 1. The summed E-state index contributed by atoms with van der Waals surface area (Å²) in [7, 11) is 0. The summed E-state index contributed by atoms with van der Waals surface area (Å²) < 4.78 is 2.14. The summed E-state index contributed by atoms with van der Waals surface area (Å²) in [4.78, 5) is 17.8. The maximum Gasteiger partial charge on any atom is 0.335 e. The largest absolute Gasteiger partial charge is 0.478 e. The maximum atomic E-state index is 11.3. The number of imidazole rings is 1. The van der Waals surface area contributed by atoms with Gasteiger partial charge in [0.05, 0.1) is 17.6 Å². The number of fused-ring (bicyclic) bond motifs is 1. The first kappa shape index (κ1) is 13.8. The van der Waals surface area contributed by atoms with Gasteiger partial charge in [0.2, 0.25) is 0 Å². The van der Waals surface area contributed by atoms with Crippen molar-refractivity contribution in [3.8, 4) is 0 Å². The fourth-order valence-electron chi connectivity index (χ4n) is 3.00. The van der Waals surface area contributed by atoms with Crippen LogP contribution in [0.25, 0.3) is 0 Å². The van der Waals surface area contributed by atoms with Crippen LogP contribution in [-0.4, -0.2) is 32.1 Å². The third-order valence-corrected chi connectivity index (χ3v) is 4.10. The Morgan fingerprint density at radius 2 is 2.29 bits per heavy atom. The van der Waals surface area contributed by atoms with Crippen LogP contribution in [0, 0.1) is 0 Å². The molecule has 1 aliphatic rings. The molecule has 0 bridgehead atoms. The highest BCUT2D eigenvalue weighted by molar-refractivity contribution is 5.89. The van der Waals surface area contributed by atoms with E-state index >= 15 is 0 Å². The summed E-state index contributed by atoms with van der Waals surface area (Å²) in [5.74, 6) is -0.829. The van der Waals surface area contributed by atoms with Gasteiger partial charge in [-0.2, -0.15) is 0 Å². The number of carboxylic acids is 1. The normalized spacial score (nSPS) is 14.9. The molecular weight excluding hydrogens is 266 g/mol. The van der Waals surface area contributed by atoms with Crippen molar-refractivity contribution in [1.29, 1.82) is 0 Å². The van der Waals surface area contributed by atoms with Gasteiger partial charge in [-0.15, -0.1) is 0 Å². The molecule has 0 aliphatic carbocycles. The molecule has 2 aromatic rings. The molecule has 0 spiro atoms. The van der Waals surface area contributed by atoms with Gasteiger partial charge in [-0.25, -0.2) is 9.78 Å². The quantitative estimate of drug-likeness (QED) is 0.935. The van der Waals surface area contributed by atoms with Crippen LogP contribution in [-0.2, 0) is 26.1 Å². The topological polar surface area (TPSA) is 58.4 Å². The lowest BCUT2D eigenvalue weighted by Gasteiger charge is -2.29. The molecule has 1 N–H and O–H groups in total. The molecule has 1 aromatic carbocycles. The Morgan fingerprint density at radius 1 is 1.43 bits per heavy atom. The average Bonchev–Trinajstić information content (AvgIpc) is 2.93. The van der Waals surface area contributed by atoms with Crippen LogP contribution in [0.4, 0.5) is 0 Å². The van der Waals surface area contributed by atoms with Crippen molar-refractivity contribution in [3.63, 3.8) is 0 Å². The van der Waals surface area contributed by atoms with Crippen molar-refractivity contribution in [2.75, 3.05) is 6.54 Å². The van der Waals surface area contributed by atoms with Crippen molar-refractivity contribution in [1.82, 2.24) is 14.5 Å². The number of hydrogen-bond donors (Lipinski definition) is 1. The molecule has 21 heavy (non-hydrogen) atoms. The second-order valence-corrected chi connectivity index (χ2v) is 5.38. The van der Waals surface area contributed by atoms with E-state index in [9.17, 15) is 9.90 Å². The summed E-state index contributed by atoms with van der Waals surface area (Å²) >= 11 is 0. The molecule has 1 aromatic heterocycles. The number of benzene rings is 1. The Bertz CT molecular complexity index is 663. The molecule has 0 amide bonds. The van der Waals surface area contributed by atoms with E-state index in [1.807, 2.05) is 24.7 Å². The fraction of sp³-hybridized carbons (Fsp3) is 0.375. The van der Waals surface area contributed by atoms with E-state index in [4.69, 9.17) is 0 Å². The molecule has 5 heteroatoms. The number of carbonyl (C=O) groups is 1. The van der Waals surface area contributed by atoms with Crippen LogP contribution in [0.1, 0.15) is 34.1 Å². The molecule has 110 valence electrons. The number of carboxylic acid groups (broad SMARTS) is 1. The van der Waals surface area contributed by atoms with Gasteiger partial charge in [-0.05, 0) is 30.5 Å². The monoisotopic (exact) mass is 285 g/mol. The first-order chi connectivity index (χ1) is 10.2. The van der Waals surface area contributed by atoms with Crippen LogP contribution in [0.15, 0.2) is 30.7 Å². The molecule has 0 saturated heterocycles. The zero-order valence-electron chi connectivity index (χ0n) is 12.1. The van der Waals surface area contributed by atoms with Gasteiger partial charge in [-0.3, -0.25) is 4.90 Å². The van der Waals surface area contributed by atoms with Crippen molar-refractivity contribution >= 4 is 5.97 Å². The highest BCUT2D eigenvalue weighted by atomic mass is 16.4. The van der Waals surface area contributed by atoms with Gasteiger partial charge in [-0.1, -0.05) is 12.1 Å². The number of nitrogens with zero attached hydrogens (tertiary/aromatic N) is 3. The number of aromatic nitrogens is 2. The van der Waals surface area contributed by atoms with Crippen molar-refractivity contribution < 1.29 is 9.90 Å². The van der Waals surface area contributed by atoms with Crippen molar-refractivity contribution in [2.24, 2.45) is 0 Å². The second-order valence-electron chi connectivity index (χ2n) is 5.38. The first-order valence-corrected chi connectivity index (χ1v) is 7.24. The van der Waals surface area contributed by atoms with E-state index in [-0.39, 0.29) is 0 Å². The van der Waals surface area contributed by atoms with Crippen LogP contribution in [0.2, 0.25) is 0 Å². The highest BCUT2D eigenvalue weighted by Gasteiger charge is 2.21. The molecule has 5 nitrogen and oxygen atoms in total. The molecule has 2 heterocycles. The smallest absolute Gasteiger partial charge is 0.335 e. The summed E-state index contributed by atoms with van der Waals surface area (Å²) in [5, 5.41) is 9.26. The maximum absolute atomic E-state index is 11.3. The zero-order valence-corrected chi connectivity index (χ0v) is 12.1. The molecule has 0 saturated carbocycles. The van der Waals surface area contributed by atoms with Gasteiger partial charge >= 0.3 is 5.97 Å². The number of aryl methyl sites for hydroxylation is 1. The second kappa shape index (κ2) is 5.69. The standard InChI is InChI=1S/C16H19N3O2/c1-2-19-11-17-8-13(19)10-18-7-6-14-12(9-18)4-3-5-15(14)16(20)21/h3-5,8,11H,2,6-7,9-10H2,1H3,(H,20,21). The Labute approximate surface area is 123 Å². The summed E-state index contributed by atoms with van der Waals surface area (Å²) in [5.41, 5.74) is 3.77. The van der Waals surface area contributed by atoms with Gasteiger partial charge in [0.15, 0.2) is 0 Å². The van der Waals surface area contributed by atoms with E-state index in [1.54, 1.807) is 6.07 Å². The lowest BCUT2D eigenvalue weighted by atomic mass is 9.94. The predicted octanol–water partition coefficient (Wildman–Crippen LogP) is 2.16. The van der Waals surface area contributed by atoms with E-state index in [1.165, 1.54) is 5.69 Å². The Kier molecular flexibility index (Phi) is 3.75. The van der Waals surface area contributed by atoms with E-state index in [2.05, 4.69) is 21.4 Å². The highest BCUT2D eigenvalue weighted by Crippen LogP contribution is 2.23. The summed E-state index contributed by atoms with van der Waals surface area (Å²) in [6.07, 6.45) is 4.56. The Morgan fingerprint density at radius 3 is 3.05 bits per heavy atom. The van der Waals surface area contributed by atoms with Crippen LogP contribution < -0.4 is 0 Å². The van der Waals surface area contributed by atoms with E-state index in [0.29, 0.717) is 5.56 Å². The van der Waals surface area contributed by atoms with Gasteiger partial charge in [0.1, 0.15) is 0 Å². The minimum Gasteiger partial charge on any atom is -0.478 e. The average molecular weight is 285 g/mol. The third-order valence-electron chi connectivity index (χ3n) is 4.10. The van der Waals surface area contributed by atoms with Crippen molar-refractivity contribution in [3.05, 3.63) is 53.1 Å². The predicted molar refractivity (Wildman–Crippen MR) is 79.1 cm³/mol. The minimum atomic E-state index is -0.829. The van der Waals surface area contributed by atoms with Crippen LogP contribution in [0.5, 0.6) is 0 Å². The lowest BCUT2D eigenvalue weighted by molar-refractivity contribution is 0.0694. The first-order valence-electron chi connectivity index (χ1n) is 7.24.